The average Bonchev–Trinajstić information content (AvgIpc) is 3.24. The molecule has 1 aromatic heterocycles. The molecule has 1 aliphatic heterocycles. The van der Waals surface area contributed by atoms with Crippen LogP contribution in [0.3, 0.4) is 0 Å². The average molecular weight is 462 g/mol. The van der Waals surface area contributed by atoms with Crippen molar-refractivity contribution in [1.82, 2.24) is 9.88 Å². The zero-order valence-corrected chi connectivity index (χ0v) is 18.0. The van der Waals surface area contributed by atoms with Gasteiger partial charge in [-0.05, 0) is 23.8 Å². The Morgan fingerprint density at radius 1 is 1.09 bits per heavy atom. The van der Waals surface area contributed by atoms with Gasteiger partial charge in [0, 0.05) is 36.3 Å². The first-order valence-corrected chi connectivity index (χ1v) is 11.1. The van der Waals surface area contributed by atoms with E-state index >= 15 is 0 Å². The van der Waals surface area contributed by atoms with Crippen LogP contribution in [0.4, 0.5) is 18.9 Å². The van der Waals surface area contributed by atoms with Crippen molar-refractivity contribution in [3.63, 3.8) is 0 Å². The van der Waals surface area contributed by atoms with Crippen LogP contribution in [0, 0.1) is 0 Å². The zero-order valence-electron chi connectivity index (χ0n) is 17.2. The predicted molar refractivity (Wildman–Crippen MR) is 117 cm³/mol. The first-order chi connectivity index (χ1) is 15.4. The number of nitrogens with zero attached hydrogens (tertiary/aromatic N) is 2. The summed E-state index contributed by atoms with van der Waals surface area (Å²) in [6, 6.07) is 12.6. The van der Waals surface area contributed by atoms with Gasteiger partial charge in [-0.2, -0.15) is 13.2 Å². The molecule has 2 heterocycles. The van der Waals surface area contributed by atoms with E-state index in [1.165, 1.54) is 23.5 Å². The number of amides is 1. The number of aromatic nitrogens is 1. The molecule has 1 aliphatic rings. The lowest BCUT2D eigenvalue weighted by Gasteiger charge is -2.27. The van der Waals surface area contributed by atoms with Gasteiger partial charge >= 0.3 is 6.18 Å². The van der Waals surface area contributed by atoms with Gasteiger partial charge in [0.1, 0.15) is 5.01 Å². The molecule has 1 N–H and O–H groups in total. The van der Waals surface area contributed by atoms with Gasteiger partial charge in [-0.15, -0.1) is 11.3 Å². The van der Waals surface area contributed by atoms with Crippen molar-refractivity contribution in [2.75, 3.05) is 31.6 Å². The number of hydrogen-bond donors (Lipinski definition) is 1. The Morgan fingerprint density at radius 2 is 1.81 bits per heavy atom. The van der Waals surface area contributed by atoms with Crippen molar-refractivity contribution in [3.05, 3.63) is 70.7 Å². The number of halogens is 3. The number of thiazole rings is 1. The summed E-state index contributed by atoms with van der Waals surface area (Å²) < 4.78 is 43.6. The first-order valence-electron chi connectivity index (χ1n) is 10.2. The second-order valence-corrected chi connectivity index (χ2v) is 8.35. The fourth-order valence-corrected chi connectivity index (χ4v) is 4.29. The molecule has 1 saturated heterocycles. The highest BCUT2D eigenvalue weighted by atomic mass is 32.1. The second-order valence-electron chi connectivity index (χ2n) is 7.49. The largest absolute Gasteiger partial charge is 0.416 e. The maximum atomic E-state index is 12.7. The fourth-order valence-electron chi connectivity index (χ4n) is 3.46. The summed E-state index contributed by atoms with van der Waals surface area (Å²) in [5, 5.41) is 5.30. The van der Waals surface area contributed by atoms with E-state index in [1.807, 2.05) is 24.3 Å². The fraction of sp³-hybridized carbons (Fsp3) is 0.304. The van der Waals surface area contributed by atoms with Crippen molar-refractivity contribution in [2.24, 2.45) is 0 Å². The van der Waals surface area contributed by atoms with Gasteiger partial charge in [-0.1, -0.05) is 30.3 Å². The Balaban J connectivity index is 1.39. The molecule has 32 heavy (non-hydrogen) atoms. The lowest BCUT2D eigenvalue weighted by atomic mass is 10.1. The minimum absolute atomic E-state index is 0.0863. The number of anilines is 1. The van der Waals surface area contributed by atoms with Crippen LogP contribution < -0.4 is 5.32 Å². The molecular formula is C23H22F3N3O2S. The smallest absolute Gasteiger partial charge is 0.379 e. The molecule has 0 bridgehead atoms. The van der Waals surface area contributed by atoms with Crippen LogP contribution in [0.2, 0.25) is 0 Å². The van der Waals surface area contributed by atoms with Gasteiger partial charge in [0.15, 0.2) is 0 Å². The lowest BCUT2D eigenvalue weighted by Crippen LogP contribution is -2.35. The molecule has 0 unspecified atom stereocenters. The van der Waals surface area contributed by atoms with Crippen molar-refractivity contribution in [2.45, 2.75) is 19.1 Å². The first kappa shape index (κ1) is 22.4. The highest BCUT2D eigenvalue weighted by Crippen LogP contribution is 2.32. The summed E-state index contributed by atoms with van der Waals surface area (Å²) in [5.74, 6) is -0.191. The van der Waals surface area contributed by atoms with Crippen LogP contribution >= 0.6 is 11.3 Å². The van der Waals surface area contributed by atoms with E-state index in [0.29, 0.717) is 29.5 Å². The van der Waals surface area contributed by atoms with E-state index in [0.717, 1.165) is 43.0 Å². The standard InChI is InChI=1S/C23H22F3N3O2S/c24-23(25,26)18-7-5-16(6-8-18)22-27-19(15-32-22)13-21(30)28-20-4-2-1-3-17(20)14-29-9-11-31-12-10-29/h1-8,15H,9-14H2,(H,28,30). The van der Waals surface area contributed by atoms with E-state index in [1.54, 1.807) is 5.38 Å². The Bertz CT molecular complexity index is 1060. The quantitative estimate of drug-likeness (QED) is 0.571. The zero-order chi connectivity index (χ0) is 22.6. The number of benzene rings is 2. The van der Waals surface area contributed by atoms with E-state index in [2.05, 4.69) is 15.2 Å². The molecule has 9 heteroatoms. The van der Waals surface area contributed by atoms with Gasteiger partial charge < -0.3 is 10.1 Å². The third-order valence-corrected chi connectivity index (χ3v) is 6.08. The van der Waals surface area contributed by atoms with Crippen molar-refractivity contribution in [3.8, 4) is 10.6 Å². The number of alkyl halides is 3. The molecule has 4 rings (SSSR count). The van der Waals surface area contributed by atoms with Crippen molar-refractivity contribution < 1.29 is 22.7 Å². The number of ether oxygens (including phenoxy) is 1. The monoisotopic (exact) mass is 461 g/mol. The maximum absolute atomic E-state index is 12.7. The number of carbonyl (C=O) groups is 1. The molecule has 0 saturated carbocycles. The molecule has 0 aliphatic carbocycles. The molecule has 0 atom stereocenters. The molecule has 2 aromatic carbocycles. The molecule has 1 amide bonds. The summed E-state index contributed by atoms with van der Waals surface area (Å²) in [6.07, 6.45) is -4.29. The third kappa shape index (κ3) is 5.73. The van der Waals surface area contributed by atoms with Gasteiger partial charge in [0.25, 0.3) is 0 Å². The Labute approximate surface area is 187 Å². The summed E-state index contributed by atoms with van der Waals surface area (Å²) in [7, 11) is 0. The maximum Gasteiger partial charge on any atom is 0.416 e. The van der Waals surface area contributed by atoms with E-state index in [-0.39, 0.29) is 12.3 Å². The molecule has 0 radical (unpaired) electrons. The number of morpholine rings is 1. The number of rotatable bonds is 6. The van der Waals surface area contributed by atoms with Crippen LogP contribution in [0.5, 0.6) is 0 Å². The molecule has 3 aromatic rings. The van der Waals surface area contributed by atoms with Crippen molar-refractivity contribution in [1.29, 1.82) is 0 Å². The van der Waals surface area contributed by atoms with Crippen molar-refractivity contribution >= 4 is 22.9 Å². The predicted octanol–water partition coefficient (Wildman–Crippen LogP) is 4.84. The Kier molecular flexibility index (Phi) is 6.88. The number of hydrogen-bond acceptors (Lipinski definition) is 5. The third-order valence-electron chi connectivity index (χ3n) is 5.14. The second kappa shape index (κ2) is 9.81. The van der Waals surface area contributed by atoms with E-state index < -0.39 is 11.7 Å². The molecule has 1 fully saturated rings. The normalized spacial score (nSPS) is 15.0. The molecule has 0 spiro atoms. The number of nitrogens with one attached hydrogen (secondary N) is 1. The SMILES string of the molecule is O=C(Cc1csc(-c2ccc(C(F)(F)F)cc2)n1)Nc1ccccc1CN1CCOCC1. The minimum Gasteiger partial charge on any atom is -0.379 e. The van der Waals surface area contributed by atoms with Gasteiger partial charge in [0.2, 0.25) is 5.91 Å². The topological polar surface area (TPSA) is 54.5 Å². The van der Waals surface area contributed by atoms with Crippen LogP contribution in [0.15, 0.2) is 53.9 Å². The molecule has 168 valence electrons. The van der Waals surface area contributed by atoms with Gasteiger partial charge in [-0.25, -0.2) is 4.98 Å². The number of carbonyl (C=O) groups excluding carboxylic acids is 1. The van der Waals surface area contributed by atoms with Crippen LogP contribution in [0.1, 0.15) is 16.8 Å². The van der Waals surface area contributed by atoms with Crippen LogP contribution in [-0.2, 0) is 28.7 Å². The van der Waals surface area contributed by atoms with Crippen LogP contribution in [-0.4, -0.2) is 42.1 Å². The Morgan fingerprint density at radius 3 is 2.53 bits per heavy atom. The summed E-state index contributed by atoms with van der Waals surface area (Å²) >= 11 is 1.30. The Hall–Kier alpha value is -2.75. The minimum atomic E-state index is -4.37. The highest BCUT2D eigenvalue weighted by Gasteiger charge is 2.30. The van der Waals surface area contributed by atoms with Gasteiger partial charge in [-0.3, -0.25) is 9.69 Å². The number of para-hydroxylation sites is 1. The lowest BCUT2D eigenvalue weighted by molar-refractivity contribution is -0.137. The van der Waals surface area contributed by atoms with Crippen LogP contribution in [0.25, 0.3) is 10.6 Å². The molecular weight excluding hydrogens is 439 g/mol. The van der Waals surface area contributed by atoms with Gasteiger partial charge in [0.05, 0.1) is 30.9 Å². The summed E-state index contributed by atoms with van der Waals surface area (Å²) in [6.45, 7) is 3.86. The molecule has 5 nitrogen and oxygen atoms in total. The summed E-state index contributed by atoms with van der Waals surface area (Å²) in [4.78, 5) is 19.3. The highest BCUT2D eigenvalue weighted by molar-refractivity contribution is 7.13. The summed E-state index contributed by atoms with van der Waals surface area (Å²) in [5.41, 5.74) is 2.26. The van der Waals surface area contributed by atoms with E-state index in [4.69, 9.17) is 4.74 Å². The van der Waals surface area contributed by atoms with E-state index in [9.17, 15) is 18.0 Å².